The zero-order chi connectivity index (χ0) is 21.1. The van der Waals surface area contributed by atoms with Crippen LogP contribution < -0.4 is 4.74 Å². The summed E-state index contributed by atoms with van der Waals surface area (Å²) in [4.78, 5) is 17.1. The summed E-state index contributed by atoms with van der Waals surface area (Å²) in [6, 6.07) is 22.0. The molecule has 2 aromatic carbocycles. The van der Waals surface area contributed by atoms with E-state index < -0.39 is 0 Å². The lowest BCUT2D eigenvalue weighted by Gasteiger charge is -2.12. The average molecular weight is 399 g/mol. The van der Waals surface area contributed by atoms with Gasteiger partial charge in [-0.25, -0.2) is 4.68 Å². The number of fused-ring (bicyclic) bond motifs is 1. The number of hydrogen-bond donors (Lipinski definition) is 0. The Labute approximate surface area is 176 Å². The number of carbonyl (C=O) groups excluding carboxylic acids is 1. The minimum Gasteiger partial charge on any atom is -0.470 e. The molecule has 0 aliphatic heterocycles. The molecule has 4 rings (SSSR count). The van der Waals surface area contributed by atoms with E-state index in [0.29, 0.717) is 12.3 Å². The van der Waals surface area contributed by atoms with Crippen molar-refractivity contribution >= 4 is 16.8 Å². The third-order valence-corrected chi connectivity index (χ3v) is 5.30. The van der Waals surface area contributed by atoms with Crippen LogP contribution >= 0.6 is 0 Å². The van der Waals surface area contributed by atoms with Crippen molar-refractivity contribution in [1.29, 1.82) is 0 Å². The van der Waals surface area contributed by atoms with Crippen LogP contribution in [0.4, 0.5) is 0 Å². The molecule has 0 amide bonds. The van der Waals surface area contributed by atoms with Crippen LogP contribution in [-0.2, 0) is 11.8 Å². The van der Waals surface area contributed by atoms with Gasteiger partial charge in [0.05, 0.1) is 5.39 Å². The van der Waals surface area contributed by atoms with Crippen LogP contribution in [0.1, 0.15) is 30.4 Å². The molecule has 0 radical (unpaired) electrons. The van der Waals surface area contributed by atoms with E-state index in [9.17, 15) is 4.79 Å². The van der Waals surface area contributed by atoms with Crippen LogP contribution in [0.25, 0.3) is 22.3 Å². The summed E-state index contributed by atoms with van der Waals surface area (Å²) in [7, 11) is 1.87. The fourth-order valence-electron chi connectivity index (χ4n) is 3.73. The maximum Gasteiger partial charge on any atom is 0.215 e. The summed E-state index contributed by atoms with van der Waals surface area (Å²) in [5.41, 5.74) is 4.87. The summed E-state index contributed by atoms with van der Waals surface area (Å²) in [6.07, 6.45) is 0.440. The number of Topliss-reactive ketones (excluding diaryl/α,β-unsaturated/α-hetero) is 1. The highest BCUT2D eigenvalue weighted by Gasteiger charge is 2.17. The van der Waals surface area contributed by atoms with Crippen LogP contribution in [0.3, 0.4) is 0 Å². The Kier molecular flexibility index (Phi) is 5.61. The Morgan fingerprint density at radius 2 is 1.73 bits per heavy atom. The van der Waals surface area contributed by atoms with Gasteiger partial charge in [0.25, 0.3) is 0 Å². The Morgan fingerprint density at radius 3 is 2.43 bits per heavy atom. The van der Waals surface area contributed by atoms with Crippen LogP contribution in [0, 0.1) is 6.92 Å². The van der Waals surface area contributed by atoms with Gasteiger partial charge in [0.2, 0.25) is 5.88 Å². The minimum atomic E-state index is 0.0124. The third-order valence-electron chi connectivity index (χ3n) is 5.30. The van der Waals surface area contributed by atoms with E-state index in [1.165, 1.54) is 0 Å². The number of ether oxygens (including phenoxy) is 1. The first-order chi connectivity index (χ1) is 14.5. The molecule has 1 atom stereocenters. The second kappa shape index (κ2) is 8.49. The molecule has 30 heavy (non-hydrogen) atoms. The lowest BCUT2D eigenvalue weighted by molar-refractivity contribution is -0.121. The molecule has 4 aromatic rings. The van der Waals surface area contributed by atoms with E-state index in [2.05, 4.69) is 17.0 Å². The zero-order valence-corrected chi connectivity index (χ0v) is 17.5. The highest BCUT2D eigenvalue weighted by atomic mass is 16.5. The van der Waals surface area contributed by atoms with Crippen molar-refractivity contribution in [3.05, 3.63) is 77.9 Å². The fourth-order valence-corrected chi connectivity index (χ4v) is 3.73. The first kappa shape index (κ1) is 19.8. The summed E-state index contributed by atoms with van der Waals surface area (Å²) < 4.78 is 7.52. The molecule has 5 heteroatoms. The molecule has 0 N–H and O–H groups in total. The van der Waals surface area contributed by atoms with Gasteiger partial charge in [-0.2, -0.15) is 10.1 Å². The predicted octanol–water partition coefficient (Wildman–Crippen LogP) is 5.09. The average Bonchev–Trinajstić information content (AvgIpc) is 3.10. The molecule has 0 fully saturated rings. The quantitative estimate of drug-likeness (QED) is 0.435. The van der Waals surface area contributed by atoms with Gasteiger partial charge in [-0.15, -0.1) is 0 Å². The summed E-state index contributed by atoms with van der Waals surface area (Å²) in [5, 5.41) is 5.66. The number of aromatic nitrogens is 3. The number of hydrogen-bond acceptors (Lipinski definition) is 4. The molecule has 0 aliphatic rings. The molecular weight excluding hydrogens is 374 g/mol. The van der Waals surface area contributed by atoms with Crippen LogP contribution in [0.15, 0.2) is 66.7 Å². The number of ketones is 1. The molecule has 0 bridgehead atoms. The van der Waals surface area contributed by atoms with E-state index in [-0.39, 0.29) is 18.3 Å². The largest absolute Gasteiger partial charge is 0.470 e. The van der Waals surface area contributed by atoms with Crippen molar-refractivity contribution in [2.75, 3.05) is 6.61 Å². The Bertz CT molecular complexity index is 1170. The van der Waals surface area contributed by atoms with Crippen LogP contribution in [-0.4, -0.2) is 27.2 Å². The predicted molar refractivity (Wildman–Crippen MR) is 119 cm³/mol. The van der Waals surface area contributed by atoms with E-state index >= 15 is 0 Å². The third kappa shape index (κ3) is 4.10. The molecular formula is C25H25N3O2. The van der Waals surface area contributed by atoms with Crippen molar-refractivity contribution in [3.8, 4) is 17.1 Å². The maximum absolute atomic E-state index is 12.4. The SMILES string of the molecule is Cc1cc(OCC(=O)C[C@@H](C)c2ccccc2)nc2c1c(-c1ccccc1)nn2C. The minimum absolute atomic E-state index is 0.0124. The number of benzene rings is 2. The highest BCUT2D eigenvalue weighted by Crippen LogP contribution is 2.31. The van der Waals surface area contributed by atoms with E-state index in [0.717, 1.165) is 33.4 Å². The highest BCUT2D eigenvalue weighted by molar-refractivity contribution is 5.94. The topological polar surface area (TPSA) is 57.0 Å². The number of carbonyl (C=O) groups is 1. The van der Waals surface area contributed by atoms with Crippen molar-refractivity contribution in [2.45, 2.75) is 26.2 Å². The van der Waals surface area contributed by atoms with Crippen molar-refractivity contribution < 1.29 is 9.53 Å². The van der Waals surface area contributed by atoms with Crippen molar-refractivity contribution in [3.63, 3.8) is 0 Å². The summed E-state index contributed by atoms with van der Waals surface area (Å²) in [6.45, 7) is 4.09. The maximum atomic E-state index is 12.4. The van der Waals surface area contributed by atoms with Gasteiger partial charge in [-0.3, -0.25) is 4.79 Å². The zero-order valence-electron chi connectivity index (χ0n) is 17.5. The van der Waals surface area contributed by atoms with Gasteiger partial charge in [0.1, 0.15) is 12.3 Å². The number of nitrogens with zero attached hydrogens (tertiary/aromatic N) is 3. The second-order valence-corrected chi connectivity index (χ2v) is 7.66. The smallest absolute Gasteiger partial charge is 0.215 e. The summed E-state index contributed by atoms with van der Waals surface area (Å²) in [5.74, 6) is 0.661. The first-order valence-electron chi connectivity index (χ1n) is 10.1. The Morgan fingerprint density at radius 1 is 1.07 bits per heavy atom. The lowest BCUT2D eigenvalue weighted by Crippen LogP contribution is -2.14. The molecule has 5 nitrogen and oxygen atoms in total. The summed E-state index contributed by atoms with van der Waals surface area (Å²) >= 11 is 0. The number of pyridine rings is 1. The van der Waals surface area contributed by atoms with Gasteiger partial charge >= 0.3 is 0 Å². The van der Waals surface area contributed by atoms with E-state index in [1.807, 2.05) is 80.7 Å². The molecule has 0 aliphatic carbocycles. The monoisotopic (exact) mass is 399 g/mol. The fraction of sp³-hybridized carbons (Fsp3) is 0.240. The van der Waals surface area contributed by atoms with Crippen LogP contribution in [0.5, 0.6) is 5.88 Å². The second-order valence-electron chi connectivity index (χ2n) is 7.66. The van der Waals surface area contributed by atoms with E-state index in [1.54, 1.807) is 4.68 Å². The van der Waals surface area contributed by atoms with Gasteiger partial charge in [-0.1, -0.05) is 67.6 Å². The Balaban J connectivity index is 1.50. The molecule has 152 valence electrons. The van der Waals surface area contributed by atoms with E-state index in [4.69, 9.17) is 4.74 Å². The number of rotatable bonds is 7. The van der Waals surface area contributed by atoms with Gasteiger partial charge in [0.15, 0.2) is 11.4 Å². The van der Waals surface area contributed by atoms with Crippen molar-refractivity contribution in [1.82, 2.24) is 14.8 Å². The lowest BCUT2D eigenvalue weighted by atomic mass is 9.96. The van der Waals surface area contributed by atoms with Gasteiger partial charge in [0, 0.05) is 25.1 Å². The van der Waals surface area contributed by atoms with Gasteiger partial charge in [-0.05, 0) is 24.0 Å². The molecule has 0 unspecified atom stereocenters. The molecule has 2 heterocycles. The van der Waals surface area contributed by atoms with Crippen LogP contribution in [0.2, 0.25) is 0 Å². The van der Waals surface area contributed by atoms with Crippen molar-refractivity contribution in [2.24, 2.45) is 7.05 Å². The molecule has 0 saturated carbocycles. The molecule has 2 aromatic heterocycles. The first-order valence-corrected chi connectivity index (χ1v) is 10.1. The molecule has 0 spiro atoms. The Hall–Kier alpha value is -3.47. The normalized spacial score (nSPS) is 12.1. The standard InChI is InChI=1S/C25H25N3O2/c1-17(19-10-6-4-7-11-19)14-21(29)16-30-22-15-18(2)23-24(20-12-8-5-9-13-20)27-28(3)25(23)26-22/h4-13,15,17H,14,16H2,1-3H3/t17-/m1/s1. The number of aryl methyl sites for hydroxylation is 2. The molecule has 0 saturated heterocycles. The van der Waals surface area contributed by atoms with Gasteiger partial charge < -0.3 is 4.74 Å².